The molecule has 0 spiro atoms. The van der Waals surface area contributed by atoms with Gasteiger partial charge in [-0.3, -0.25) is 4.79 Å². The number of fused-ring (bicyclic) bond motifs is 1. The quantitative estimate of drug-likeness (QED) is 0.530. The maximum Gasteiger partial charge on any atom is 0.265 e. The van der Waals surface area contributed by atoms with Gasteiger partial charge >= 0.3 is 0 Å². The van der Waals surface area contributed by atoms with Gasteiger partial charge in [-0.05, 0) is 64.6 Å². The first-order chi connectivity index (χ1) is 10.0. The van der Waals surface area contributed by atoms with Gasteiger partial charge in [0, 0.05) is 10.4 Å². The molecule has 0 fully saturated rings. The summed E-state index contributed by atoms with van der Waals surface area (Å²) in [6, 6.07) is 11.1. The van der Waals surface area contributed by atoms with Crippen molar-refractivity contribution in [3.63, 3.8) is 0 Å². The molecule has 4 nitrogen and oxygen atoms in total. The van der Waals surface area contributed by atoms with E-state index in [9.17, 15) is 4.79 Å². The highest BCUT2D eigenvalue weighted by Gasteiger charge is 2.12. The van der Waals surface area contributed by atoms with Gasteiger partial charge in [0.2, 0.25) is 0 Å². The SMILES string of the molecule is Cc1nc(Br)ccc1NC(=O)c1cc2cc(N)ccc2s1. The monoisotopic (exact) mass is 361 g/mol. The van der Waals surface area contributed by atoms with Crippen LogP contribution in [0.5, 0.6) is 0 Å². The van der Waals surface area contributed by atoms with E-state index in [2.05, 4.69) is 26.2 Å². The number of halogens is 1. The molecule has 1 amide bonds. The zero-order chi connectivity index (χ0) is 15.0. The number of aryl methyl sites for hydroxylation is 1. The molecule has 6 heteroatoms. The second-order valence-electron chi connectivity index (χ2n) is 4.63. The first kappa shape index (κ1) is 14.0. The molecule has 2 heterocycles. The zero-order valence-electron chi connectivity index (χ0n) is 11.2. The van der Waals surface area contributed by atoms with E-state index in [1.807, 2.05) is 37.3 Å². The van der Waals surface area contributed by atoms with E-state index < -0.39 is 0 Å². The molecule has 21 heavy (non-hydrogen) atoms. The van der Waals surface area contributed by atoms with E-state index in [1.54, 1.807) is 6.07 Å². The number of nitrogens with one attached hydrogen (secondary N) is 1. The number of anilines is 2. The Bertz CT molecular complexity index is 844. The summed E-state index contributed by atoms with van der Waals surface area (Å²) in [6.45, 7) is 1.85. The molecule has 106 valence electrons. The predicted octanol–water partition coefficient (Wildman–Crippen LogP) is 4.20. The molecule has 0 atom stereocenters. The predicted molar refractivity (Wildman–Crippen MR) is 90.9 cm³/mol. The van der Waals surface area contributed by atoms with Crippen LogP contribution >= 0.6 is 27.3 Å². The summed E-state index contributed by atoms with van der Waals surface area (Å²) in [6.07, 6.45) is 0. The first-order valence-electron chi connectivity index (χ1n) is 6.26. The molecule has 3 rings (SSSR count). The molecule has 0 bridgehead atoms. The standard InChI is InChI=1S/C15H12BrN3OS/c1-8-11(3-5-14(16)18-8)19-15(20)13-7-9-6-10(17)2-4-12(9)21-13/h2-7H,17H2,1H3,(H,19,20). The number of benzene rings is 1. The fourth-order valence-corrected chi connectivity index (χ4v) is 3.36. The Morgan fingerprint density at radius 3 is 2.86 bits per heavy atom. The lowest BCUT2D eigenvalue weighted by Crippen LogP contribution is -2.11. The minimum absolute atomic E-state index is 0.137. The van der Waals surface area contributed by atoms with Crippen LogP contribution in [0.2, 0.25) is 0 Å². The summed E-state index contributed by atoms with van der Waals surface area (Å²) >= 11 is 4.75. The maximum atomic E-state index is 12.3. The lowest BCUT2D eigenvalue weighted by atomic mass is 10.2. The van der Waals surface area contributed by atoms with Crippen molar-refractivity contribution in [2.24, 2.45) is 0 Å². The van der Waals surface area contributed by atoms with E-state index in [4.69, 9.17) is 5.73 Å². The van der Waals surface area contributed by atoms with E-state index in [0.29, 0.717) is 16.3 Å². The smallest absolute Gasteiger partial charge is 0.265 e. The van der Waals surface area contributed by atoms with E-state index >= 15 is 0 Å². The normalized spacial score (nSPS) is 10.8. The third-order valence-corrected chi connectivity index (χ3v) is 4.62. The lowest BCUT2D eigenvalue weighted by molar-refractivity contribution is 0.103. The van der Waals surface area contributed by atoms with Gasteiger partial charge < -0.3 is 11.1 Å². The first-order valence-corrected chi connectivity index (χ1v) is 7.87. The van der Waals surface area contributed by atoms with Gasteiger partial charge in [-0.1, -0.05) is 0 Å². The summed E-state index contributed by atoms with van der Waals surface area (Å²) in [7, 11) is 0. The van der Waals surface area contributed by atoms with Crippen molar-refractivity contribution in [1.29, 1.82) is 0 Å². The fraction of sp³-hybridized carbons (Fsp3) is 0.0667. The maximum absolute atomic E-state index is 12.3. The topological polar surface area (TPSA) is 68.0 Å². The summed E-state index contributed by atoms with van der Waals surface area (Å²) in [5.74, 6) is -0.137. The van der Waals surface area contributed by atoms with Crippen LogP contribution in [-0.2, 0) is 0 Å². The number of hydrogen-bond acceptors (Lipinski definition) is 4. The summed E-state index contributed by atoms with van der Waals surface area (Å²) < 4.78 is 1.79. The van der Waals surface area contributed by atoms with Crippen LogP contribution in [-0.4, -0.2) is 10.9 Å². The number of rotatable bonds is 2. The molecule has 3 N–H and O–H groups in total. The Hall–Kier alpha value is -1.92. The minimum atomic E-state index is -0.137. The fourth-order valence-electron chi connectivity index (χ4n) is 2.02. The highest BCUT2D eigenvalue weighted by atomic mass is 79.9. The summed E-state index contributed by atoms with van der Waals surface area (Å²) in [5, 5.41) is 3.87. The third kappa shape index (κ3) is 2.91. The Labute approximate surface area is 134 Å². The van der Waals surface area contributed by atoms with Crippen LogP contribution in [0.1, 0.15) is 15.4 Å². The van der Waals surface area contributed by atoms with Crippen molar-refractivity contribution in [2.75, 3.05) is 11.1 Å². The number of carbonyl (C=O) groups excluding carboxylic acids is 1. The number of thiophene rings is 1. The Balaban J connectivity index is 1.89. The second kappa shape index (κ2) is 5.46. The van der Waals surface area contributed by atoms with Crippen LogP contribution in [0, 0.1) is 6.92 Å². The molecule has 0 aliphatic carbocycles. The second-order valence-corrected chi connectivity index (χ2v) is 6.53. The average Bonchev–Trinajstić information content (AvgIpc) is 2.85. The number of carbonyl (C=O) groups is 1. The molecule has 0 saturated carbocycles. The zero-order valence-corrected chi connectivity index (χ0v) is 13.6. The van der Waals surface area contributed by atoms with Crippen LogP contribution in [0.4, 0.5) is 11.4 Å². The van der Waals surface area contributed by atoms with Gasteiger partial charge in [-0.25, -0.2) is 4.98 Å². The minimum Gasteiger partial charge on any atom is -0.399 e. The highest BCUT2D eigenvalue weighted by Crippen LogP contribution is 2.28. The number of pyridine rings is 1. The largest absolute Gasteiger partial charge is 0.399 e. The molecular weight excluding hydrogens is 350 g/mol. The molecule has 0 radical (unpaired) electrons. The molecule has 0 aliphatic heterocycles. The molecule has 2 aromatic heterocycles. The number of aromatic nitrogens is 1. The Morgan fingerprint density at radius 1 is 1.29 bits per heavy atom. The van der Waals surface area contributed by atoms with Crippen molar-refractivity contribution in [3.05, 3.63) is 51.6 Å². The van der Waals surface area contributed by atoms with Gasteiger partial charge in [0.05, 0.1) is 16.3 Å². The third-order valence-electron chi connectivity index (χ3n) is 3.06. The molecule has 0 aliphatic rings. The number of nitrogens with zero attached hydrogens (tertiary/aromatic N) is 1. The van der Waals surface area contributed by atoms with Crippen molar-refractivity contribution >= 4 is 54.6 Å². The van der Waals surface area contributed by atoms with Crippen LogP contribution in [0.25, 0.3) is 10.1 Å². The Kier molecular flexibility index (Phi) is 3.65. The van der Waals surface area contributed by atoms with Gasteiger partial charge in [-0.2, -0.15) is 0 Å². The van der Waals surface area contributed by atoms with E-state index in [-0.39, 0.29) is 5.91 Å². The van der Waals surface area contributed by atoms with Gasteiger partial charge in [0.1, 0.15) is 4.60 Å². The molecule has 0 saturated heterocycles. The van der Waals surface area contributed by atoms with Gasteiger partial charge in [-0.15, -0.1) is 11.3 Å². The number of nitrogens with two attached hydrogens (primary N) is 1. The summed E-state index contributed by atoms with van der Waals surface area (Å²) in [4.78, 5) is 17.2. The van der Waals surface area contributed by atoms with Crippen LogP contribution < -0.4 is 11.1 Å². The number of nitrogen functional groups attached to an aromatic ring is 1. The lowest BCUT2D eigenvalue weighted by Gasteiger charge is -2.06. The molecule has 0 unspecified atom stereocenters. The van der Waals surface area contributed by atoms with Crippen molar-refractivity contribution in [1.82, 2.24) is 4.98 Å². The molecule has 3 aromatic rings. The van der Waals surface area contributed by atoms with Crippen molar-refractivity contribution < 1.29 is 4.79 Å². The van der Waals surface area contributed by atoms with E-state index in [1.165, 1.54) is 11.3 Å². The van der Waals surface area contributed by atoms with Crippen LogP contribution in [0.3, 0.4) is 0 Å². The average molecular weight is 362 g/mol. The van der Waals surface area contributed by atoms with Crippen molar-refractivity contribution in [2.45, 2.75) is 6.92 Å². The van der Waals surface area contributed by atoms with Gasteiger partial charge in [0.15, 0.2) is 0 Å². The van der Waals surface area contributed by atoms with Crippen LogP contribution in [0.15, 0.2) is 41.0 Å². The molecular formula is C15H12BrN3OS. The highest BCUT2D eigenvalue weighted by molar-refractivity contribution is 9.10. The number of hydrogen-bond donors (Lipinski definition) is 2. The van der Waals surface area contributed by atoms with Crippen molar-refractivity contribution in [3.8, 4) is 0 Å². The van der Waals surface area contributed by atoms with E-state index in [0.717, 1.165) is 20.4 Å². The number of amides is 1. The summed E-state index contributed by atoms with van der Waals surface area (Å²) in [5.41, 5.74) is 7.93. The molecule has 1 aromatic carbocycles. The van der Waals surface area contributed by atoms with Gasteiger partial charge in [0.25, 0.3) is 5.91 Å². The Morgan fingerprint density at radius 2 is 2.10 bits per heavy atom.